The number of morpholine rings is 1. The smallest absolute Gasteiger partial charge is 0.134 e. The molecule has 2 heterocycles. The molecule has 1 saturated carbocycles. The van der Waals surface area contributed by atoms with Gasteiger partial charge < -0.3 is 20.1 Å². The fourth-order valence-electron chi connectivity index (χ4n) is 2.27. The van der Waals surface area contributed by atoms with Gasteiger partial charge in [0.05, 0.1) is 19.3 Å². The van der Waals surface area contributed by atoms with Crippen molar-refractivity contribution in [3.63, 3.8) is 0 Å². The predicted molar refractivity (Wildman–Crippen MR) is 72.3 cm³/mol. The lowest BCUT2D eigenvalue weighted by molar-refractivity contribution is 0.122. The first kappa shape index (κ1) is 12.6. The van der Waals surface area contributed by atoms with E-state index in [1.807, 2.05) is 6.07 Å². The first-order chi connectivity index (χ1) is 9.33. The van der Waals surface area contributed by atoms with Crippen molar-refractivity contribution in [1.29, 1.82) is 0 Å². The number of aromatic nitrogens is 2. The third-order valence-corrected chi connectivity index (χ3v) is 3.65. The van der Waals surface area contributed by atoms with Gasteiger partial charge in [-0.15, -0.1) is 0 Å². The van der Waals surface area contributed by atoms with Gasteiger partial charge in [-0.2, -0.15) is 0 Å². The minimum Gasteiger partial charge on any atom is -0.391 e. The molecule has 0 radical (unpaired) electrons. The quantitative estimate of drug-likeness (QED) is 0.807. The summed E-state index contributed by atoms with van der Waals surface area (Å²) in [5.41, 5.74) is 0. The maximum atomic E-state index is 9.84. The Labute approximate surface area is 112 Å². The lowest BCUT2D eigenvalue weighted by Crippen LogP contribution is -2.36. The molecule has 0 spiro atoms. The van der Waals surface area contributed by atoms with E-state index in [1.165, 1.54) is 0 Å². The zero-order valence-electron chi connectivity index (χ0n) is 11.0. The van der Waals surface area contributed by atoms with E-state index in [1.54, 1.807) is 6.33 Å². The number of aliphatic hydroxyl groups excluding tert-OH is 1. The largest absolute Gasteiger partial charge is 0.391 e. The van der Waals surface area contributed by atoms with Crippen molar-refractivity contribution < 1.29 is 9.84 Å². The standard InChI is InChI=1S/C13H20N4O2/c18-11(10-1-2-10)8-14-12-7-13(16-9-15-12)17-3-5-19-6-4-17/h7,9-11,18H,1-6,8H2,(H,14,15,16). The molecule has 1 aromatic rings. The first-order valence-corrected chi connectivity index (χ1v) is 6.89. The summed E-state index contributed by atoms with van der Waals surface area (Å²) in [4.78, 5) is 10.7. The van der Waals surface area contributed by atoms with Crippen LogP contribution in [0.2, 0.25) is 0 Å². The lowest BCUT2D eigenvalue weighted by Gasteiger charge is -2.27. The molecule has 19 heavy (non-hydrogen) atoms. The summed E-state index contributed by atoms with van der Waals surface area (Å²) in [5.74, 6) is 2.17. The van der Waals surface area contributed by atoms with Crippen molar-refractivity contribution in [2.75, 3.05) is 43.1 Å². The van der Waals surface area contributed by atoms with E-state index in [-0.39, 0.29) is 6.10 Å². The van der Waals surface area contributed by atoms with Crippen LogP contribution in [0, 0.1) is 5.92 Å². The van der Waals surface area contributed by atoms with Crippen molar-refractivity contribution in [2.45, 2.75) is 18.9 Å². The van der Waals surface area contributed by atoms with Crippen LogP contribution in [0.15, 0.2) is 12.4 Å². The number of ether oxygens (including phenoxy) is 1. The van der Waals surface area contributed by atoms with Gasteiger partial charge in [-0.1, -0.05) is 0 Å². The van der Waals surface area contributed by atoms with Gasteiger partial charge >= 0.3 is 0 Å². The number of nitrogens with zero attached hydrogens (tertiary/aromatic N) is 3. The number of rotatable bonds is 5. The van der Waals surface area contributed by atoms with Crippen LogP contribution in [-0.4, -0.2) is 54.0 Å². The van der Waals surface area contributed by atoms with E-state index >= 15 is 0 Å². The van der Waals surface area contributed by atoms with Gasteiger partial charge in [0.1, 0.15) is 18.0 Å². The second-order valence-corrected chi connectivity index (χ2v) is 5.15. The van der Waals surface area contributed by atoms with Crippen molar-refractivity contribution in [3.8, 4) is 0 Å². The average molecular weight is 264 g/mol. The Morgan fingerprint density at radius 3 is 2.89 bits per heavy atom. The Morgan fingerprint density at radius 1 is 1.37 bits per heavy atom. The molecule has 6 nitrogen and oxygen atoms in total. The van der Waals surface area contributed by atoms with Crippen LogP contribution in [0.3, 0.4) is 0 Å². The molecule has 1 aromatic heterocycles. The zero-order valence-corrected chi connectivity index (χ0v) is 11.0. The summed E-state index contributed by atoms with van der Waals surface area (Å²) >= 11 is 0. The molecule has 1 unspecified atom stereocenters. The highest BCUT2D eigenvalue weighted by Crippen LogP contribution is 2.32. The van der Waals surface area contributed by atoms with E-state index in [2.05, 4.69) is 20.2 Å². The molecular weight excluding hydrogens is 244 g/mol. The number of nitrogens with one attached hydrogen (secondary N) is 1. The van der Waals surface area contributed by atoms with Crippen LogP contribution in [0.25, 0.3) is 0 Å². The topological polar surface area (TPSA) is 70.5 Å². The Kier molecular flexibility index (Phi) is 3.79. The van der Waals surface area contributed by atoms with Gasteiger partial charge in [-0.05, 0) is 18.8 Å². The van der Waals surface area contributed by atoms with Crippen LogP contribution >= 0.6 is 0 Å². The molecular formula is C13H20N4O2. The summed E-state index contributed by atoms with van der Waals surface area (Å²) < 4.78 is 5.33. The third kappa shape index (κ3) is 3.33. The summed E-state index contributed by atoms with van der Waals surface area (Å²) in [6, 6.07) is 1.94. The Bertz CT molecular complexity index is 419. The van der Waals surface area contributed by atoms with Gasteiger partial charge in [0.15, 0.2) is 0 Å². The number of hydrogen-bond donors (Lipinski definition) is 2. The SMILES string of the molecule is OC(CNc1cc(N2CCOCC2)ncn1)C1CC1. The molecule has 104 valence electrons. The molecule has 0 bridgehead atoms. The van der Waals surface area contributed by atoms with Crippen molar-refractivity contribution in [2.24, 2.45) is 5.92 Å². The van der Waals surface area contributed by atoms with E-state index in [0.717, 1.165) is 50.8 Å². The summed E-state index contributed by atoms with van der Waals surface area (Å²) in [6.45, 7) is 3.77. The van der Waals surface area contributed by atoms with Gasteiger partial charge in [-0.25, -0.2) is 9.97 Å². The highest BCUT2D eigenvalue weighted by atomic mass is 16.5. The molecule has 1 atom stereocenters. The van der Waals surface area contributed by atoms with E-state index in [0.29, 0.717) is 12.5 Å². The monoisotopic (exact) mass is 264 g/mol. The molecule has 3 rings (SSSR count). The molecule has 1 aliphatic heterocycles. The molecule has 6 heteroatoms. The van der Waals surface area contributed by atoms with Crippen LogP contribution in [0.4, 0.5) is 11.6 Å². The number of hydrogen-bond acceptors (Lipinski definition) is 6. The van der Waals surface area contributed by atoms with Gasteiger partial charge in [-0.3, -0.25) is 0 Å². The highest BCUT2D eigenvalue weighted by Gasteiger charge is 2.29. The second-order valence-electron chi connectivity index (χ2n) is 5.15. The fraction of sp³-hybridized carbons (Fsp3) is 0.692. The fourth-order valence-corrected chi connectivity index (χ4v) is 2.27. The average Bonchev–Trinajstić information content (AvgIpc) is 3.31. The molecule has 0 aromatic carbocycles. The van der Waals surface area contributed by atoms with Crippen molar-refractivity contribution >= 4 is 11.6 Å². The van der Waals surface area contributed by atoms with Crippen LogP contribution < -0.4 is 10.2 Å². The highest BCUT2D eigenvalue weighted by molar-refractivity contribution is 5.48. The minimum atomic E-state index is -0.262. The molecule has 1 aliphatic carbocycles. The van der Waals surface area contributed by atoms with Crippen LogP contribution in [0.1, 0.15) is 12.8 Å². The summed E-state index contributed by atoms with van der Waals surface area (Å²) in [7, 11) is 0. The maximum Gasteiger partial charge on any atom is 0.134 e. The number of aliphatic hydroxyl groups is 1. The molecule has 2 aliphatic rings. The number of anilines is 2. The van der Waals surface area contributed by atoms with Crippen LogP contribution in [0.5, 0.6) is 0 Å². The minimum absolute atomic E-state index is 0.262. The van der Waals surface area contributed by atoms with Crippen LogP contribution in [-0.2, 0) is 4.74 Å². The Balaban J connectivity index is 1.58. The maximum absolute atomic E-state index is 9.84. The van der Waals surface area contributed by atoms with Crippen molar-refractivity contribution in [1.82, 2.24) is 9.97 Å². The first-order valence-electron chi connectivity index (χ1n) is 6.89. The van der Waals surface area contributed by atoms with Crippen molar-refractivity contribution in [3.05, 3.63) is 12.4 Å². The van der Waals surface area contributed by atoms with Gasteiger partial charge in [0.2, 0.25) is 0 Å². The van der Waals surface area contributed by atoms with E-state index in [9.17, 15) is 5.11 Å². The predicted octanol–water partition coefficient (Wildman–Crippen LogP) is 0.496. The normalized spacial score (nSPS) is 21.2. The van der Waals surface area contributed by atoms with E-state index in [4.69, 9.17) is 4.74 Å². The van der Waals surface area contributed by atoms with Gasteiger partial charge in [0.25, 0.3) is 0 Å². The molecule has 2 N–H and O–H groups in total. The van der Waals surface area contributed by atoms with Gasteiger partial charge in [0, 0.05) is 25.7 Å². The molecule has 2 fully saturated rings. The Morgan fingerprint density at radius 2 is 2.16 bits per heavy atom. The Hall–Kier alpha value is -1.40. The van der Waals surface area contributed by atoms with E-state index < -0.39 is 0 Å². The lowest BCUT2D eigenvalue weighted by atomic mass is 10.2. The third-order valence-electron chi connectivity index (χ3n) is 3.65. The molecule has 0 amide bonds. The zero-order chi connectivity index (χ0) is 13.1. The second kappa shape index (κ2) is 5.71. The molecule has 1 saturated heterocycles. The summed E-state index contributed by atoms with van der Waals surface area (Å²) in [5, 5.41) is 13.0. The summed E-state index contributed by atoms with van der Waals surface area (Å²) in [6.07, 6.45) is 3.59.